The van der Waals surface area contributed by atoms with Gasteiger partial charge in [0.2, 0.25) is 0 Å². The van der Waals surface area contributed by atoms with E-state index in [0.29, 0.717) is 0 Å². The molecule has 1 N–H and O–H groups in total. The Morgan fingerprint density at radius 3 is 2.64 bits per heavy atom. The van der Waals surface area contributed by atoms with Crippen LogP contribution in [0.15, 0.2) is 48.5 Å². The molecule has 1 aliphatic heterocycles. The highest BCUT2D eigenvalue weighted by Crippen LogP contribution is 2.31. The summed E-state index contributed by atoms with van der Waals surface area (Å²) < 4.78 is 5.41. The molecule has 0 atom stereocenters. The lowest BCUT2D eigenvalue weighted by atomic mass is 10.0. The van der Waals surface area contributed by atoms with E-state index >= 15 is 0 Å². The first-order chi connectivity index (χ1) is 10.8. The van der Waals surface area contributed by atoms with Crippen LogP contribution < -0.4 is 10.1 Å². The molecular weight excluding hydrogens is 276 g/mol. The fraction of sp³-hybridized carbons (Fsp3) is 0.278. The minimum atomic E-state index is -0.0188. The van der Waals surface area contributed by atoms with Crippen molar-refractivity contribution in [1.29, 1.82) is 0 Å². The van der Waals surface area contributed by atoms with Gasteiger partial charge in [0.1, 0.15) is 5.75 Å². The summed E-state index contributed by atoms with van der Waals surface area (Å²) in [4.78, 5) is 14.0. The number of benzene rings is 2. The van der Waals surface area contributed by atoms with Crippen molar-refractivity contribution in [2.45, 2.75) is 12.8 Å². The first-order valence-corrected chi connectivity index (χ1v) is 7.57. The van der Waals surface area contributed by atoms with Gasteiger partial charge in [0.15, 0.2) is 0 Å². The zero-order chi connectivity index (χ0) is 15.4. The molecule has 114 valence electrons. The number of hydrogen-bond acceptors (Lipinski definition) is 2. The number of nitrogens with zero attached hydrogens (tertiary/aromatic N) is 1. The van der Waals surface area contributed by atoms with E-state index in [1.54, 1.807) is 7.11 Å². The summed E-state index contributed by atoms with van der Waals surface area (Å²) in [7, 11) is 1.66. The van der Waals surface area contributed by atoms with Crippen molar-refractivity contribution in [3.63, 3.8) is 0 Å². The average molecular weight is 296 g/mol. The molecule has 3 rings (SSSR count). The maximum Gasteiger partial charge on any atom is 0.321 e. The van der Waals surface area contributed by atoms with Gasteiger partial charge in [-0.2, -0.15) is 0 Å². The van der Waals surface area contributed by atoms with Gasteiger partial charge in [0.05, 0.1) is 7.11 Å². The van der Waals surface area contributed by atoms with E-state index < -0.39 is 0 Å². The number of carbonyl (C=O) groups is 1. The fourth-order valence-electron chi connectivity index (χ4n) is 2.77. The predicted octanol–water partition coefficient (Wildman–Crippen LogP) is 3.99. The minimum Gasteiger partial charge on any atom is -0.496 e. The smallest absolute Gasteiger partial charge is 0.321 e. The number of likely N-dealkylation sites (tertiary alicyclic amines) is 1. The molecule has 0 saturated carbocycles. The minimum absolute atomic E-state index is 0.0188. The Kier molecular flexibility index (Phi) is 4.28. The predicted molar refractivity (Wildman–Crippen MR) is 88.3 cm³/mol. The van der Waals surface area contributed by atoms with Gasteiger partial charge in [0, 0.05) is 24.3 Å². The Bertz CT molecular complexity index is 664. The lowest BCUT2D eigenvalue weighted by Gasteiger charge is -2.17. The van der Waals surface area contributed by atoms with Crippen LogP contribution in [0.1, 0.15) is 12.8 Å². The summed E-state index contributed by atoms with van der Waals surface area (Å²) in [5.41, 5.74) is 2.85. The van der Waals surface area contributed by atoms with Gasteiger partial charge in [-0.3, -0.25) is 0 Å². The van der Waals surface area contributed by atoms with Crippen LogP contribution in [0.3, 0.4) is 0 Å². The van der Waals surface area contributed by atoms with Crippen LogP contribution in [0, 0.1) is 0 Å². The van der Waals surface area contributed by atoms with Crippen LogP contribution in [0.25, 0.3) is 11.1 Å². The molecule has 0 aromatic heterocycles. The quantitative estimate of drug-likeness (QED) is 0.930. The van der Waals surface area contributed by atoms with Gasteiger partial charge in [-0.1, -0.05) is 30.3 Å². The average Bonchev–Trinajstić information content (AvgIpc) is 3.10. The van der Waals surface area contributed by atoms with Crippen molar-refractivity contribution in [1.82, 2.24) is 4.90 Å². The number of carbonyl (C=O) groups excluding carboxylic acids is 1. The summed E-state index contributed by atoms with van der Waals surface area (Å²) in [6.07, 6.45) is 2.18. The maximum atomic E-state index is 12.2. The maximum absolute atomic E-state index is 12.2. The van der Waals surface area contributed by atoms with E-state index in [9.17, 15) is 4.79 Å². The van der Waals surface area contributed by atoms with Gasteiger partial charge >= 0.3 is 6.03 Å². The number of rotatable bonds is 3. The van der Waals surface area contributed by atoms with E-state index in [0.717, 1.165) is 48.5 Å². The van der Waals surface area contributed by atoms with Gasteiger partial charge in [-0.15, -0.1) is 0 Å². The molecule has 0 aliphatic carbocycles. The molecule has 2 aromatic rings. The summed E-state index contributed by atoms with van der Waals surface area (Å²) in [5.74, 6) is 0.825. The Balaban J connectivity index is 1.81. The lowest BCUT2D eigenvalue weighted by Crippen LogP contribution is -2.32. The number of methoxy groups -OCH3 is 1. The second kappa shape index (κ2) is 6.52. The Morgan fingerprint density at radius 1 is 1.09 bits per heavy atom. The number of nitrogens with one attached hydrogen (secondary N) is 1. The molecule has 0 unspecified atom stereocenters. The standard InChI is InChI=1S/C18H20N2O2/c1-22-17-10-3-2-9-16(17)14-7-6-8-15(13-14)19-18(21)20-11-4-5-12-20/h2-3,6-10,13H,4-5,11-12H2,1H3,(H,19,21). The van der Waals surface area contributed by atoms with Crippen molar-refractivity contribution in [3.05, 3.63) is 48.5 Å². The molecule has 0 spiro atoms. The highest BCUT2D eigenvalue weighted by Gasteiger charge is 2.17. The van der Waals surface area contributed by atoms with E-state index in [1.807, 2.05) is 53.4 Å². The van der Waals surface area contributed by atoms with Crippen LogP contribution in [-0.4, -0.2) is 31.1 Å². The van der Waals surface area contributed by atoms with Crippen LogP contribution in [0.4, 0.5) is 10.5 Å². The molecule has 1 heterocycles. The van der Waals surface area contributed by atoms with Gasteiger partial charge in [-0.05, 0) is 36.6 Å². The van der Waals surface area contributed by atoms with E-state index in [-0.39, 0.29) is 6.03 Å². The summed E-state index contributed by atoms with van der Waals surface area (Å²) >= 11 is 0. The van der Waals surface area contributed by atoms with Crippen molar-refractivity contribution in [2.75, 3.05) is 25.5 Å². The second-order valence-electron chi connectivity index (χ2n) is 5.41. The van der Waals surface area contributed by atoms with Gasteiger partial charge in [-0.25, -0.2) is 4.79 Å². The van der Waals surface area contributed by atoms with E-state index in [2.05, 4.69) is 5.32 Å². The third kappa shape index (κ3) is 3.06. The number of ether oxygens (including phenoxy) is 1. The molecule has 4 heteroatoms. The third-order valence-corrected chi connectivity index (χ3v) is 3.93. The molecule has 4 nitrogen and oxygen atoms in total. The lowest BCUT2D eigenvalue weighted by molar-refractivity contribution is 0.222. The molecule has 0 bridgehead atoms. The second-order valence-corrected chi connectivity index (χ2v) is 5.41. The molecule has 2 amide bonds. The first-order valence-electron chi connectivity index (χ1n) is 7.57. The Morgan fingerprint density at radius 2 is 1.86 bits per heavy atom. The van der Waals surface area contributed by atoms with Gasteiger partial charge < -0.3 is 15.0 Å². The number of anilines is 1. The Hall–Kier alpha value is -2.49. The topological polar surface area (TPSA) is 41.6 Å². The summed E-state index contributed by atoms with van der Waals surface area (Å²) in [6, 6.07) is 15.7. The first kappa shape index (κ1) is 14.4. The van der Waals surface area contributed by atoms with Crippen molar-refractivity contribution in [2.24, 2.45) is 0 Å². The molecule has 1 saturated heterocycles. The van der Waals surface area contributed by atoms with Crippen LogP contribution in [-0.2, 0) is 0 Å². The third-order valence-electron chi connectivity index (χ3n) is 3.93. The van der Waals surface area contributed by atoms with Crippen molar-refractivity contribution in [3.8, 4) is 16.9 Å². The Labute approximate surface area is 130 Å². The molecule has 1 aliphatic rings. The number of amides is 2. The SMILES string of the molecule is COc1ccccc1-c1cccc(NC(=O)N2CCCC2)c1. The van der Waals surface area contributed by atoms with E-state index in [1.165, 1.54) is 0 Å². The van der Waals surface area contributed by atoms with E-state index in [4.69, 9.17) is 4.74 Å². The molecular formula is C18H20N2O2. The summed E-state index contributed by atoms with van der Waals surface area (Å²) in [6.45, 7) is 1.69. The molecule has 1 fully saturated rings. The van der Waals surface area contributed by atoms with Crippen LogP contribution in [0.2, 0.25) is 0 Å². The summed E-state index contributed by atoms with van der Waals surface area (Å²) in [5, 5.41) is 2.98. The van der Waals surface area contributed by atoms with Gasteiger partial charge in [0.25, 0.3) is 0 Å². The number of urea groups is 1. The van der Waals surface area contributed by atoms with Crippen molar-refractivity contribution >= 4 is 11.7 Å². The zero-order valence-corrected chi connectivity index (χ0v) is 12.7. The zero-order valence-electron chi connectivity index (χ0n) is 12.7. The molecule has 22 heavy (non-hydrogen) atoms. The largest absolute Gasteiger partial charge is 0.496 e. The fourth-order valence-corrected chi connectivity index (χ4v) is 2.77. The van der Waals surface area contributed by atoms with Crippen LogP contribution >= 0.6 is 0 Å². The highest BCUT2D eigenvalue weighted by molar-refractivity contribution is 5.90. The van der Waals surface area contributed by atoms with Crippen LogP contribution in [0.5, 0.6) is 5.75 Å². The van der Waals surface area contributed by atoms with Crippen molar-refractivity contribution < 1.29 is 9.53 Å². The molecule has 0 radical (unpaired) electrons. The highest BCUT2D eigenvalue weighted by atomic mass is 16.5. The normalized spacial score (nSPS) is 14.0. The number of hydrogen-bond donors (Lipinski definition) is 1. The molecule has 2 aromatic carbocycles. The number of para-hydroxylation sites is 1. The monoisotopic (exact) mass is 296 g/mol.